The summed E-state index contributed by atoms with van der Waals surface area (Å²) in [6.45, 7) is 3.98. The molecule has 0 radical (unpaired) electrons. The Morgan fingerprint density at radius 2 is 1.94 bits per heavy atom. The van der Waals surface area contributed by atoms with Gasteiger partial charge in [0.25, 0.3) is 0 Å². The van der Waals surface area contributed by atoms with Gasteiger partial charge in [-0.25, -0.2) is 4.39 Å². The molecule has 1 rings (SSSR count). The molecule has 0 saturated carbocycles. The molecule has 2 unspecified atom stereocenters. The molecule has 0 aliphatic heterocycles. The molecule has 0 spiro atoms. The van der Waals surface area contributed by atoms with Gasteiger partial charge in [-0.1, -0.05) is 32.4 Å². The van der Waals surface area contributed by atoms with E-state index in [9.17, 15) is 9.18 Å². The SMILES string of the molecule is CCCC(C(N)=O)C(C)c1ccc(F)cc1. The normalized spacial score (nSPS) is 14.4. The van der Waals surface area contributed by atoms with Gasteiger partial charge in [-0.05, 0) is 30.0 Å². The van der Waals surface area contributed by atoms with Crippen molar-refractivity contribution in [1.82, 2.24) is 0 Å². The van der Waals surface area contributed by atoms with Crippen molar-refractivity contribution in [2.75, 3.05) is 0 Å². The van der Waals surface area contributed by atoms with E-state index >= 15 is 0 Å². The number of nitrogens with two attached hydrogens (primary N) is 1. The van der Waals surface area contributed by atoms with Gasteiger partial charge >= 0.3 is 0 Å². The topological polar surface area (TPSA) is 43.1 Å². The zero-order valence-electron chi connectivity index (χ0n) is 9.74. The van der Waals surface area contributed by atoms with Crippen LogP contribution >= 0.6 is 0 Å². The van der Waals surface area contributed by atoms with E-state index < -0.39 is 0 Å². The lowest BCUT2D eigenvalue weighted by Crippen LogP contribution is -2.27. The van der Waals surface area contributed by atoms with Crippen LogP contribution in [0.2, 0.25) is 0 Å². The molecule has 0 bridgehead atoms. The number of hydrogen-bond donors (Lipinski definition) is 1. The smallest absolute Gasteiger partial charge is 0.221 e. The van der Waals surface area contributed by atoms with E-state index in [1.807, 2.05) is 13.8 Å². The molecule has 0 saturated heterocycles. The number of rotatable bonds is 5. The maximum Gasteiger partial charge on any atom is 0.221 e. The summed E-state index contributed by atoms with van der Waals surface area (Å²) in [5.41, 5.74) is 6.34. The van der Waals surface area contributed by atoms with E-state index in [0.717, 1.165) is 18.4 Å². The van der Waals surface area contributed by atoms with Crippen LogP contribution in [0.15, 0.2) is 24.3 Å². The van der Waals surface area contributed by atoms with Crippen LogP contribution in [0.3, 0.4) is 0 Å². The number of amides is 1. The van der Waals surface area contributed by atoms with Gasteiger partial charge in [0.2, 0.25) is 5.91 Å². The molecule has 2 nitrogen and oxygen atoms in total. The Morgan fingerprint density at radius 3 is 2.38 bits per heavy atom. The quantitative estimate of drug-likeness (QED) is 0.819. The minimum Gasteiger partial charge on any atom is -0.369 e. The summed E-state index contributed by atoms with van der Waals surface area (Å²) in [6.07, 6.45) is 1.69. The van der Waals surface area contributed by atoms with Gasteiger partial charge in [0.05, 0.1) is 0 Å². The second-order valence-electron chi connectivity index (χ2n) is 4.14. The molecule has 0 aliphatic rings. The molecule has 1 aromatic rings. The lowest BCUT2D eigenvalue weighted by Gasteiger charge is -2.20. The summed E-state index contributed by atoms with van der Waals surface area (Å²) in [7, 11) is 0. The molecule has 16 heavy (non-hydrogen) atoms. The number of halogens is 1. The molecular weight excluding hydrogens is 205 g/mol. The van der Waals surface area contributed by atoms with E-state index in [0.29, 0.717) is 0 Å². The van der Waals surface area contributed by atoms with Crippen LogP contribution in [0.4, 0.5) is 4.39 Å². The van der Waals surface area contributed by atoms with E-state index in [1.165, 1.54) is 12.1 Å². The van der Waals surface area contributed by atoms with Crippen molar-refractivity contribution in [3.05, 3.63) is 35.6 Å². The van der Waals surface area contributed by atoms with Crippen LogP contribution in [-0.2, 0) is 4.79 Å². The second-order valence-corrected chi connectivity index (χ2v) is 4.14. The predicted molar refractivity (Wildman–Crippen MR) is 62.4 cm³/mol. The highest BCUT2D eigenvalue weighted by atomic mass is 19.1. The van der Waals surface area contributed by atoms with E-state index in [2.05, 4.69) is 0 Å². The summed E-state index contributed by atoms with van der Waals surface area (Å²) in [5, 5.41) is 0. The lowest BCUT2D eigenvalue weighted by molar-refractivity contribution is -0.122. The monoisotopic (exact) mass is 223 g/mol. The highest BCUT2D eigenvalue weighted by Crippen LogP contribution is 2.27. The molecule has 0 aromatic heterocycles. The van der Waals surface area contributed by atoms with Gasteiger partial charge in [-0.2, -0.15) is 0 Å². The zero-order valence-corrected chi connectivity index (χ0v) is 9.74. The van der Waals surface area contributed by atoms with Gasteiger partial charge in [0.1, 0.15) is 5.82 Å². The van der Waals surface area contributed by atoms with Gasteiger partial charge in [0.15, 0.2) is 0 Å². The van der Waals surface area contributed by atoms with E-state index in [1.54, 1.807) is 12.1 Å². The lowest BCUT2D eigenvalue weighted by atomic mass is 9.84. The second kappa shape index (κ2) is 5.64. The minimum absolute atomic E-state index is 0.0399. The maximum atomic E-state index is 12.8. The minimum atomic E-state index is -0.279. The number of carbonyl (C=O) groups excluding carboxylic acids is 1. The van der Waals surface area contributed by atoms with Crippen molar-refractivity contribution in [3.8, 4) is 0 Å². The largest absolute Gasteiger partial charge is 0.369 e. The number of primary amides is 1. The van der Waals surface area contributed by atoms with Crippen LogP contribution in [0, 0.1) is 11.7 Å². The van der Waals surface area contributed by atoms with Gasteiger partial charge < -0.3 is 5.73 Å². The van der Waals surface area contributed by atoms with Gasteiger partial charge in [0, 0.05) is 5.92 Å². The molecule has 1 aromatic carbocycles. The van der Waals surface area contributed by atoms with Gasteiger partial charge in [-0.15, -0.1) is 0 Å². The molecule has 1 amide bonds. The fourth-order valence-corrected chi connectivity index (χ4v) is 1.95. The molecular formula is C13H18FNO. The number of benzene rings is 1. The molecule has 2 atom stereocenters. The summed E-state index contributed by atoms with van der Waals surface area (Å²) < 4.78 is 12.8. The Morgan fingerprint density at radius 1 is 1.38 bits per heavy atom. The van der Waals surface area contributed by atoms with Crippen molar-refractivity contribution in [2.24, 2.45) is 11.7 Å². The average molecular weight is 223 g/mol. The van der Waals surface area contributed by atoms with Crippen molar-refractivity contribution >= 4 is 5.91 Å². The third kappa shape index (κ3) is 3.05. The molecule has 0 aliphatic carbocycles. The Kier molecular flexibility index (Phi) is 4.47. The van der Waals surface area contributed by atoms with Gasteiger partial charge in [-0.3, -0.25) is 4.79 Å². The first-order chi connectivity index (χ1) is 7.56. The fraction of sp³-hybridized carbons (Fsp3) is 0.462. The van der Waals surface area contributed by atoms with Crippen molar-refractivity contribution < 1.29 is 9.18 Å². The first-order valence-corrected chi connectivity index (χ1v) is 5.61. The third-order valence-electron chi connectivity index (χ3n) is 2.96. The summed E-state index contributed by atoms with van der Waals surface area (Å²) in [5.74, 6) is -0.672. The first-order valence-electron chi connectivity index (χ1n) is 5.61. The Bertz CT molecular complexity index is 347. The summed E-state index contributed by atoms with van der Waals surface area (Å²) >= 11 is 0. The van der Waals surface area contributed by atoms with Crippen molar-refractivity contribution in [3.63, 3.8) is 0 Å². The van der Waals surface area contributed by atoms with Crippen molar-refractivity contribution in [1.29, 1.82) is 0 Å². The Hall–Kier alpha value is -1.38. The number of carbonyl (C=O) groups is 1. The standard InChI is InChI=1S/C13H18FNO/c1-3-4-12(13(15)16)9(2)10-5-7-11(14)8-6-10/h5-9,12H,3-4H2,1-2H3,(H2,15,16). The molecule has 0 heterocycles. The van der Waals surface area contributed by atoms with E-state index in [4.69, 9.17) is 5.73 Å². The molecule has 88 valence electrons. The van der Waals surface area contributed by atoms with E-state index in [-0.39, 0.29) is 23.6 Å². The number of hydrogen-bond acceptors (Lipinski definition) is 1. The maximum absolute atomic E-state index is 12.8. The Balaban J connectivity index is 2.85. The zero-order chi connectivity index (χ0) is 12.1. The molecule has 3 heteroatoms. The van der Waals surface area contributed by atoms with Crippen molar-refractivity contribution in [2.45, 2.75) is 32.6 Å². The third-order valence-corrected chi connectivity index (χ3v) is 2.96. The summed E-state index contributed by atoms with van der Waals surface area (Å²) in [6, 6.07) is 6.25. The predicted octanol–water partition coefficient (Wildman–Crippen LogP) is 2.83. The van der Waals surface area contributed by atoms with Crippen LogP contribution < -0.4 is 5.73 Å². The summed E-state index contributed by atoms with van der Waals surface area (Å²) in [4.78, 5) is 11.3. The van der Waals surface area contributed by atoms with Crippen LogP contribution in [-0.4, -0.2) is 5.91 Å². The molecule has 2 N–H and O–H groups in total. The fourth-order valence-electron chi connectivity index (χ4n) is 1.95. The van der Waals surface area contributed by atoms with Crippen LogP contribution in [0.5, 0.6) is 0 Å². The Labute approximate surface area is 95.7 Å². The molecule has 0 fully saturated rings. The van der Waals surface area contributed by atoms with Crippen LogP contribution in [0.25, 0.3) is 0 Å². The highest BCUT2D eigenvalue weighted by Gasteiger charge is 2.23. The highest BCUT2D eigenvalue weighted by molar-refractivity contribution is 5.77. The average Bonchev–Trinajstić information content (AvgIpc) is 2.25. The first kappa shape index (κ1) is 12.7. The van der Waals surface area contributed by atoms with Crippen LogP contribution in [0.1, 0.15) is 38.2 Å².